The number of hydrogen-bond donors (Lipinski definition) is 1. The quantitative estimate of drug-likeness (QED) is 0.433. The van der Waals surface area contributed by atoms with Crippen molar-refractivity contribution in [1.29, 1.82) is 0 Å². The van der Waals surface area contributed by atoms with Gasteiger partial charge in [0.05, 0.1) is 6.26 Å². The molecule has 3 aromatic heterocycles. The molecule has 0 bridgehead atoms. The van der Waals surface area contributed by atoms with Crippen molar-refractivity contribution in [2.45, 2.75) is 0 Å². The standard InChI is InChI=1S/C18H11ClN4O3.CF2O/c19-13-4-1-3-11(9-13)16(24)21-15-10-12(6-7-20-15)17-22-23-18(26-17)14-5-2-8-25-14;2-1(3)4/h1-10H,(H,20,21,24);. The Kier molecular flexibility index (Phi) is 6.60. The van der Waals surface area contributed by atoms with E-state index in [0.29, 0.717) is 27.7 Å². The third kappa shape index (κ3) is 5.55. The van der Waals surface area contributed by atoms with Crippen LogP contribution in [-0.2, 0) is 0 Å². The first-order valence-corrected chi connectivity index (χ1v) is 8.56. The number of anilines is 1. The van der Waals surface area contributed by atoms with E-state index in [4.69, 9.17) is 25.2 Å². The molecule has 0 unspecified atom stereocenters. The summed E-state index contributed by atoms with van der Waals surface area (Å²) < 4.78 is 30.2. The summed E-state index contributed by atoms with van der Waals surface area (Å²) in [6.07, 6.45) is 0.231. The topological polar surface area (TPSA) is 111 Å². The fourth-order valence-corrected chi connectivity index (χ4v) is 2.48. The van der Waals surface area contributed by atoms with Gasteiger partial charge in [-0.3, -0.25) is 4.79 Å². The van der Waals surface area contributed by atoms with Gasteiger partial charge in [-0.25, -0.2) is 9.78 Å². The Morgan fingerprint density at radius 2 is 1.77 bits per heavy atom. The summed E-state index contributed by atoms with van der Waals surface area (Å²) in [5.41, 5.74) is 1.05. The molecular weight excluding hydrogens is 422 g/mol. The van der Waals surface area contributed by atoms with Gasteiger partial charge in [0.2, 0.25) is 5.89 Å². The number of amides is 1. The maximum atomic E-state index is 12.3. The Hall–Kier alpha value is -3.92. The molecule has 0 aliphatic heterocycles. The van der Waals surface area contributed by atoms with Crippen LogP contribution in [0.25, 0.3) is 23.1 Å². The number of pyridine rings is 1. The van der Waals surface area contributed by atoms with Crippen LogP contribution in [0.4, 0.5) is 19.4 Å². The smallest absolute Gasteiger partial charge is 0.459 e. The Balaban J connectivity index is 0.000000589. The van der Waals surface area contributed by atoms with Gasteiger partial charge >= 0.3 is 6.29 Å². The number of carbonyl (C=O) groups is 2. The first-order valence-electron chi connectivity index (χ1n) is 8.18. The summed E-state index contributed by atoms with van der Waals surface area (Å²) >= 11 is 5.91. The normalized spacial score (nSPS) is 10.1. The van der Waals surface area contributed by atoms with Gasteiger partial charge in [0.1, 0.15) is 5.82 Å². The van der Waals surface area contributed by atoms with Gasteiger partial charge in [-0.05, 0) is 42.5 Å². The molecule has 4 rings (SSSR count). The van der Waals surface area contributed by atoms with Gasteiger partial charge in [0.25, 0.3) is 11.8 Å². The molecule has 0 saturated carbocycles. The van der Waals surface area contributed by atoms with Crippen LogP contribution in [0, 0.1) is 0 Å². The Morgan fingerprint density at radius 3 is 2.47 bits per heavy atom. The van der Waals surface area contributed by atoms with Crippen LogP contribution in [0.3, 0.4) is 0 Å². The minimum atomic E-state index is -2.83. The van der Waals surface area contributed by atoms with Crippen molar-refractivity contribution in [2.75, 3.05) is 5.32 Å². The third-order valence-electron chi connectivity index (χ3n) is 3.49. The highest BCUT2D eigenvalue weighted by Gasteiger charge is 2.14. The maximum Gasteiger partial charge on any atom is 0.483 e. The van der Waals surface area contributed by atoms with E-state index < -0.39 is 6.29 Å². The molecule has 0 atom stereocenters. The highest BCUT2D eigenvalue weighted by atomic mass is 35.5. The van der Waals surface area contributed by atoms with Gasteiger partial charge in [0, 0.05) is 22.3 Å². The summed E-state index contributed by atoms with van der Waals surface area (Å²) in [6, 6.07) is 13.4. The molecule has 8 nitrogen and oxygen atoms in total. The van der Waals surface area contributed by atoms with E-state index in [2.05, 4.69) is 20.5 Å². The average Bonchev–Trinajstić information content (AvgIpc) is 3.39. The fourth-order valence-electron chi connectivity index (χ4n) is 2.29. The molecule has 1 aromatic carbocycles. The van der Waals surface area contributed by atoms with Gasteiger partial charge in [-0.2, -0.15) is 0 Å². The zero-order valence-corrected chi connectivity index (χ0v) is 15.6. The van der Waals surface area contributed by atoms with Gasteiger partial charge < -0.3 is 14.2 Å². The fraction of sp³-hybridized carbons (Fsp3) is 0. The zero-order chi connectivity index (χ0) is 21.5. The summed E-state index contributed by atoms with van der Waals surface area (Å²) in [4.78, 5) is 24.5. The average molecular weight is 433 g/mol. The lowest BCUT2D eigenvalue weighted by molar-refractivity contribution is 0.102. The predicted molar refractivity (Wildman–Crippen MR) is 102 cm³/mol. The van der Waals surface area contributed by atoms with Crippen molar-refractivity contribution < 1.29 is 27.2 Å². The van der Waals surface area contributed by atoms with Crippen molar-refractivity contribution in [3.05, 3.63) is 71.6 Å². The van der Waals surface area contributed by atoms with Gasteiger partial charge in [0.15, 0.2) is 5.76 Å². The van der Waals surface area contributed by atoms with Crippen LogP contribution in [0.1, 0.15) is 10.4 Å². The monoisotopic (exact) mass is 432 g/mol. The Labute approximate surface area is 172 Å². The lowest BCUT2D eigenvalue weighted by atomic mass is 10.2. The second kappa shape index (κ2) is 9.52. The maximum absolute atomic E-state index is 12.3. The van der Waals surface area contributed by atoms with Crippen molar-refractivity contribution in [2.24, 2.45) is 0 Å². The van der Waals surface area contributed by atoms with Crippen LogP contribution in [0.15, 0.2) is 69.8 Å². The summed E-state index contributed by atoms with van der Waals surface area (Å²) in [6.45, 7) is 0. The molecule has 0 spiro atoms. The van der Waals surface area contributed by atoms with E-state index in [0.717, 1.165) is 0 Å². The summed E-state index contributed by atoms with van der Waals surface area (Å²) in [5.74, 6) is 1.07. The summed E-state index contributed by atoms with van der Waals surface area (Å²) in [5, 5.41) is 11.1. The lowest BCUT2D eigenvalue weighted by Crippen LogP contribution is -2.12. The first kappa shape index (κ1) is 20.8. The highest BCUT2D eigenvalue weighted by Crippen LogP contribution is 2.25. The number of carbonyl (C=O) groups excluding carboxylic acids is 2. The molecule has 1 N–H and O–H groups in total. The van der Waals surface area contributed by atoms with E-state index in [1.165, 1.54) is 6.26 Å². The van der Waals surface area contributed by atoms with Crippen molar-refractivity contribution in [1.82, 2.24) is 15.2 Å². The predicted octanol–water partition coefficient (Wildman–Crippen LogP) is 5.34. The molecule has 3 heterocycles. The van der Waals surface area contributed by atoms with Crippen molar-refractivity contribution in [3.8, 4) is 23.1 Å². The Morgan fingerprint density at radius 1 is 1.00 bits per heavy atom. The van der Waals surface area contributed by atoms with Crippen LogP contribution in [0.5, 0.6) is 0 Å². The molecule has 0 radical (unpaired) electrons. The van der Waals surface area contributed by atoms with E-state index in [-0.39, 0.29) is 17.7 Å². The molecule has 152 valence electrons. The van der Waals surface area contributed by atoms with E-state index >= 15 is 0 Å². The second-order valence-corrected chi connectivity index (χ2v) is 5.95. The highest BCUT2D eigenvalue weighted by molar-refractivity contribution is 6.31. The minimum Gasteiger partial charge on any atom is -0.459 e. The molecule has 11 heteroatoms. The number of furan rings is 1. The Bertz CT molecular complexity index is 1160. The van der Waals surface area contributed by atoms with Crippen LogP contribution < -0.4 is 5.32 Å². The molecule has 0 saturated heterocycles. The number of aromatic nitrogens is 3. The molecule has 4 aromatic rings. The van der Waals surface area contributed by atoms with Crippen molar-refractivity contribution >= 4 is 29.6 Å². The zero-order valence-electron chi connectivity index (χ0n) is 14.9. The molecule has 1 amide bonds. The number of hydrogen-bond acceptors (Lipinski definition) is 7. The van der Waals surface area contributed by atoms with Crippen LogP contribution in [0.2, 0.25) is 5.02 Å². The third-order valence-corrected chi connectivity index (χ3v) is 3.73. The first-order chi connectivity index (χ1) is 14.4. The van der Waals surface area contributed by atoms with Crippen LogP contribution >= 0.6 is 11.6 Å². The molecular formula is C19H11ClF2N4O4. The SMILES string of the molecule is O=C(F)F.O=C(Nc1cc(-c2nnc(-c3ccco3)o2)ccn1)c1cccc(Cl)c1. The van der Waals surface area contributed by atoms with E-state index in [1.807, 2.05) is 0 Å². The van der Waals surface area contributed by atoms with E-state index in [1.54, 1.807) is 54.7 Å². The lowest BCUT2D eigenvalue weighted by Gasteiger charge is -2.05. The van der Waals surface area contributed by atoms with Gasteiger partial charge in [-0.15, -0.1) is 19.0 Å². The summed E-state index contributed by atoms with van der Waals surface area (Å²) in [7, 11) is 0. The van der Waals surface area contributed by atoms with Crippen molar-refractivity contribution in [3.63, 3.8) is 0 Å². The van der Waals surface area contributed by atoms with Gasteiger partial charge in [-0.1, -0.05) is 17.7 Å². The number of rotatable bonds is 4. The largest absolute Gasteiger partial charge is 0.483 e. The number of nitrogens with zero attached hydrogens (tertiary/aromatic N) is 3. The molecule has 30 heavy (non-hydrogen) atoms. The molecule has 0 aliphatic rings. The van der Waals surface area contributed by atoms with Crippen LogP contribution in [-0.4, -0.2) is 27.4 Å². The second-order valence-electron chi connectivity index (χ2n) is 5.51. The number of benzene rings is 1. The minimum absolute atomic E-state index is 0.270. The number of nitrogens with one attached hydrogen (secondary N) is 1. The van der Waals surface area contributed by atoms with E-state index in [9.17, 15) is 13.6 Å². The molecule has 0 fully saturated rings. The number of halogens is 3. The molecule has 0 aliphatic carbocycles.